The maximum Gasteiger partial charge on any atom is 0.305 e. The third-order valence-electron chi connectivity index (χ3n) is 3.62. The molecular formula is C19H19NO4. The van der Waals surface area contributed by atoms with Crippen LogP contribution in [0.2, 0.25) is 0 Å². The molecule has 0 aliphatic rings. The highest BCUT2D eigenvalue weighted by atomic mass is 16.5. The molecule has 2 aromatic rings. The molecule has 0 heterocycles. The van der Waals surface area contributed by atoms with Gasteiger partial charge in [0.05, 0.1) is 13.2 Å². The molecule has 0 radical (unpaired) electrons. The van der Waals surface area contributed by atoms with Crippen LogP contribution in [0.25, 0.3) is 11.1 Å². The van der Waals surface area contributed by atoms with Crippen molar-refractivity contribution in [1.82, 2.24) is 5.32 Å². The number of carbonyl (C=O) groups excluding carboxylic acids is 3. The molecule has 0 bridgehead atoms. The SMILES string of the molecule is COC(=O)CC[C@@H](C=O)NC(=O)c1ccc(-c2ccccc2)cc1. The lowest BCUT2D eigenvalue weighted by atomic mass is 10.0. The van der Waals surface area contributed by atoms with Gasteiger partial charge < -0.3 is 14.8 Å². The fourth-order valence-corrected chi connectivity index (χ4v) is 2.25. The third-order valence-corrected chi connectivity index (χ3v) is 3.62. The summed E-state index contributed by atoms with van der Waals surface area (Å²) >= 11 is 0. The van der Waals surface area contributed by atoms with E-state index in [1.165, 1.54) is 7.11 Å². The summed E-state index contributed by atoms with van der Waals surface area (Å²) in [6.45, 7) is 0. The molecule has 0 aliphatic heterocycles. The first-order chi connectivity index (χ1) is 11.6. The minimum absolute atomic E-state index is 0.0765. The summed E-state index contributed by atoms with van der Waals surface area (Å²) < 4.78 is 4.52. The zero-order valence-corrected chi connectivity index (χ0v) is 13.4. The Labute approximate surface area is 140 Å². The van der Waals surface area contributed by atoms with Gasteiger partial charge in [0, 0.05) is 12.0 Å². The maximum atomic E-state index is 12.2. The van der Waals surface area contributed by atoms with Crippen LogP contribution < -0.4 is 5.32 Å². The highest BCUT2D eigenvalue weighted by molar-refractivity contribution is 5.96. The third kappa shape index (κ3) is 4.78. The van der Waals surface area contributed by atoms with Crippen LogP contribution in [0, 0.1) is 0 Å². The van der Waals surface area contributed by atoms with E-state index in [0.717, 1.165) is 11.1 Å². The van der Waals surface area contributed by atoms with Gasteiger partial charge in [-0.2, -0.15) is 0 Å². The van der Waals surface area contributed by atoms with E-state index in [0.29, 0.717) is 11.8 Å². The second kappa shape index (κ2) is 8.62. The lowest BCUT2D eigenvalue weighted by molar-refractivity contribution is -0.140. The molecule has 1 N–H and O–H groups in total. The van der Waals surface area contributed by atoms with Crippen LogP contribution in [0.5, 0.6) is 0 Å². The van der Waals surface area contributed by atoms with Gasteiger partial charge in [-0.1, -0.05) is 42.5 Å². The number of amides is 1. The van der Waals surface area contributed by atoms with Gasteiger partial charge in [0.15, 0.2) is 0 Å². The van der Waals surface area contributed by atoms with E-state index in [4.69, 9.17) is 0 Å². The Bertz CT molecular complexity index is 695. The predicted octanol–water partition coefficient (Wildman–Crippen LogP) is 2.60. The van der Waals surface area contributed by atoms with Gasteiger partial charge in [0.2, 0.25) is 0 Å². The highest BCUT2D eigenvalue weighted by Crippen LogP contribution is 2.19. The van der Waals surface area contributed by atoms with Gasteiger partial charge in [0.1, 0.15) is 6.29 Å². The monoisotopic (exact) mass is 325 g/mol. The molecule has 0 aromatic heterocycles. The summed E-state index contributed by atoms with van der Waals surface area (Å²) in [5.41, 5.74) is 2.53. The van der Waals surface area contributed by atoms with E-state index >= 15 is 0 Å². The predicted molar refractivity (Wildman–Crippen MR) is 90.4 cm³/mol. The summed E-state index contributed by atoms with van der Waals surface area (Å²) in [6.07, 6.45) is 0.913. The molecule has 5 nitrogen and oxygen atoms in total. The van der Waals surface area contributed by atoms with Crippen molar-refractivity contribution in [3.8, 4) is 11.1 Å². The number of benzene rings is 2. The summed E-state index contributed by atoms with van der Waals surface area (Å²) in [5, 5.41) is 2.61. The molecule has 0 fully saturated rings. The number of hydrogen-bond acceptors (Lipinski definition) is 4. The van der Waals surface area contributed by atoms with Crippen LogP contribution in [0.3, 0.4) is 0 Å². The quantitative estimate of drug-likeness (QED) is 0.627. The Morgan fingerprint density at radius 2 is 1.67 bits per heavy atom. The molecule has 1 atom stereocenters. The average molecular weight is 325 g/mol. The summed E-state index contributed by atoms with van der Waals surface area (Å²) in [7, 11) is 1.28. The smallest absolute Gasteiger partial charge is 0.305 e. The molecule has 0 aliphatic carbocycles. The molecule has 0 spiro atoms. The Kier molecular flexibility index (Phi) is 6.25. The van der Waals surface area contributed by atoms with Gasteiger partial charge in [-0.3, -0.25) is 9.59 Å². The van der Waals surface area contributed by atoms with E-state index in [-0.39, 0.29) is 18.7 Å². The number of methoxy groups -OCH3 is 1. The number of ether oxygens (including phenoxy) is 1. The molecule has 2 aromatic carbocycles. The van der Waals surface area contributed by atoms with Crippen molar-refractivity contribution in [2.24, 2.45) is 0 Å². The molecule has 124 valence electrons. The van der Waals surface area contributed by atoms with Gasteiger partial charge in [-0.25, -0.2) is 0 Å². The highest BCUT2D eigenvalue weighted by Gasteiger charge is 2.15. The fourth-order valence-electron chi connectivity index (χ4n) is 2.25. The minimum Gasteiger partial charge on any atom is -0.469 e. The Balaban J connectivity index is 1.99. The van der Waals surface area contributed by atoms with Gasteiger partial charge in [-0.15, -0.1) is 0 Å². The zero-order chi connectivity index (χ0) is 17.4. The Morgan fingerprint density at radius 1 is 1.04 bits per heavy atom. The average Bonchev–Trinajstić information content (AvgIpc) is 2.65. The van der Waals surface area contributed by atoms with Gasteiger partial charge in [-0.05, 0) is 29.7 Å². The van der Waals surface area contributed by atoms with Gasteiger partial charge in [0.25, 0.3) is 5.91 Å². The second-order valence-electron chi connectivity index (χ2n) is 5.27. The van der Waals surface area contributed by atoms with Crippen molar-refractivity contribution in [1.29, 1.82) is 0 Å². The summed E-state index contributed by atoms with van der Waals surface area (Å²) in [6, 6.07) is 16.2. The van der Waals surface area contributed by atoms with E-state index in [1.807, 2.05) is 42.5 Å². The molecule has 5 heteroatoms. The number of nitrogens with one attached hydrogen (secondary N) is 1. The topological polar surface area (TPSA) is 72.5 Å². The Morgan fingerprint density at radius 3 is 2.25 bits per heavy atom. The van der Waals surface area contributed by atoms with Crippen molar-refractivity contribution in [3.05, 3.63) is 60.2 Å². The first-order valence-corrected chi connectivity index (χ1v) is 7.62. The number of carbonyl (C=O) groups is 3. The number of rotatable bonds is 7. The number of hydrogen-bond donors (Lipinski definition) is 1. The first-order valence-electron chi connectivity index (χ1n) is 7.62. The Hall–Kier alpha value is -2.95. The molecule has 2 rings (SSSR count). The second-order valence-corrected chi connectivity index (χ2v) is 5.27. The fraction of sp³-hybridized carbons (Fsp3) is 0.211. The normalized spacial score (nSPS) is 11.4. The van der Waals surface area contributed by atoms with E-state index in [2.05, 4.69) is 10.1 Å². The lowest BCUT2D eigenvalue weighted by Gasteiger charge is -2.12. The van der Waals surface area contributed by atoms with Crippen molar-refractivity contribution < 1.29 is 19.1 Å². The van der Waals surface area contributed by atoms with E-state index in [9.17, 15) is 14.4 Å². The van der Waals surface area contributed by atoms with Gasteiger partial charge >= 0.3 is 5.97 Å². The summed E-state index contributed by atoms with van der Waals surface area (Å²) in [4.78, 5) is 34.3. The molecule has 1 amide bonds. The maximum absolute atomic E-state index is 12.2. The van der Waals surface area contributed by atoms with Crippen LogP contribution in [0.1, 0.15) is 23.2 Å². The lowest BCUT2D eigenvalue weighted by Crippen LogP contribution is -2.36. The largest absolute Gasteiger partial charge is 0.469 e. The molecule has 0 saturated carbocycles. The van der Waals surface area contributed by atoms with Crippen LogP contribution in [0.15, 0.2) is 54.6 Å². The molecular weight excluding hydrogens is 306 g/mol. The minimum atomic E-state index is -0.717. The van der Waals surface area contributed by atoms with Crippen LogP contribution >= 0.6 is 0 Å². The van der Waals surface area contributed by atoms with Crippen LogP contribution in [0.4, 0.5) is 0 Å². The summed E-state index contributed by atoms with van der Waals surface area (Å²) in [5.74, 6) is -0.764. The van der Waals surface area contributed by atoms with Crippen molar-refractivity contribution in [3.63, 3.8) is 0 Å². The molecule has 0 saturated heterocycles. The van der Waals surface area contributed by atoms with Crippen molar-refractivity contribution >= 4 is 18.2 Å². The van der Waals surface area contributed by atoms with Crippen LogP contribution in [-0.2, 0) is 14.3 Å². The first kappa shape index (κ1) is 17.4. The molecule has 24 heavy (non-hydrogen) atoms. The molecule has 0 unspecified atom stereocenters. The number of aldehydes is 1. The van der Waals surface area contributed by atoms with Crippen LogP contribution in [-0.4, -0.2) is 31.3 Å². The van der Waals surface area contributed by atoms with Crippen molar-refractivity contribution in [2.45, 2.75) is 18.9 Å². The standard InChI is InChI=1S/C19H19NO4/c1-24-18(22)12-11-17(13-21)20-19(23)16-9-7-15(8-10-16)14-5-3-2-4-6-14/h2-10,13,17H,11-12H2,1H3,(H,20,23)/t17-/m0/s1. The van der Waals surface area contributed by atoms with E-state index in [1.54, 1.807) is 12.1 Å². The number of esters is 1. The van der Waals surface area contributed by atoms with E-state index < -0.39 is 12.0 Å². The van der Waals surface area contributed by atoms with Crippen molar-refractivity contribution in [2.75, 3.05) is 7.11 Å². The zero-order valence-electron chi connectivity index (χ0n) is 13.4.